The number of hydrogen-bond donors (Lipinski definition) is 2. The maximum absolute atomic E-state index is 11.9. The van der Waals surface area contributed by atoms with Gasteiger partial charge in [-0.15, -0.1) is 0 Å². The lowest BCUT2D eigenvalue weighted by Gasteiger charge is -2.22. The molecule has 1 amide bonds. The number of nitrogens with zero attached hydrogens (tertiary/aromatic N) is 1. The van der Waals surface area contributed by atoms with E-state index in [0.717, 1.165) is 32.4 Å². The van der Waals surface area contributed by atoms with E-state index < -0.39 is 0 Å². The molecule has 0 bridgehead atoms. The Hall–Kier alpha value is -1.62. The third-order valence-corrected chi connectivity index (χ3v) is 3.85. The molecule has 1 aliphatic rings. The van der Waals surface area contributed by atoms with Gasteiger partial charge in [-0.1, -0.05) is 0 Å². The zero-order valence-corrected chi connectivity index (χ0v) is 12.0. The molecular formula is C15H23N3O2. The van der Waals surface area contributed by atoms with Gasteiger partial charge in [-0.05, 0) is 51.3 Å². The van der Waals surface area contributed by atoms with Gasteiger partial charge in [0.25, 0.3) is 5.56 Å². The van der Waals surface area contributed by atoms with Crippen LogP contribution in [-0.4, -0.2) is 23.6 Å². The molecule has 1 aromatic rings. The van der Waals surface area contributed by atoms with Gasteiger partial charge in [0.1, 0.15) is 0 Å². The fourth-order valence-electron chi connectivity index (χ4n) is 2.58. The molecule has 2 N–H and O–H groups in total. The monoisotopic (exact) mass is 277 g/mol. The van der Waals surface area contributed by atoms with E-state index in [9.17, 15) is 9.59 Å². The van der Waals surface area contributed by atoms with Crippen LogP contribution >= 0.6 is 0 Å². The van der Waals surface area contributed by atoms with E-state index in [4.69, 9.17) is 0 Å². The quantitative estimate of drug-likeness (QED) is 0.859. The number of carbonyl (C=O) groups excluding carboxylic acids is 1. The summed E-state index contributed by atoms with van der Waals surface area (Å²) in [6, 6.07) is 3.16. The predicted molar refractivity (Wildman–Crippen MR) is 79.8 cm³/mol. The Balaban J connectivity index is 1.83. The summed E-state index contributed by atoms with van der Waals surface area (Å²) in [4.78, 5) is 23.4. The molecule has 0 aromatic carbocycles. The van der Waals surface area contributed by atoms with Gasteiger partial charge in [0, 0.05) is 25.2 Å². The summed E-state index contributed by atoms with van der Waals surface area (Å²) in [5, 5.41) is 6.20. The van der Waals surface area contributed by atoms with E-state index >= 15 is 0 Å². The lowest BCUT2D eigenvalue weighted by Crippen LogP contribution is -2.28. The molecule has 1 aromatic heterocycles. The van der Waals surface area contributed by atoms with Gasteiger partial charge >= 0.3 is 0 Å². The number of carbonyl (C=O) groups is 1. The first-order valence-corrected chi connectivity index (χ1v) is 7.40. The smallest absolute Gasteiger partial charge is 0.250 e. The number of aryl methyl sites for hydroxylation is 1. The van der Waals surface area contributed by atoms with Crippen LogP contribution in [0.3, 0.4) is 0 Å². The SMILES string of the molecule is CCn1cc(NC(=O)CCC2CCNCC2)ccc1=O. The van der Waals surface area contributed by atoms with Crippen LogP contribution in [0.5, 0.6) is 0 Å². The molecule has 5 heteroatoms. The Morgan fingerprint density at radius 2 is 2.15 bits per heavy atom. The average molecular weight is 277 g/mol. The Bertz CT molecular complexity index is 504. The zero-order valence-electron chi connectivity index (χ0n) is 12.0. The van der Waals surface area contributed by atoms with Gasteiger partial charge < -0.3 is 15.2 Å². The highest BCUT2D eigenvalue weighted by molar-refractivity contribution is 5.90. The second-order valence-electron chi connectivity index (χ2n) is 5.32. The molecule has 5 nitrogen and oxygen atoms in total. The number of nitrogens with one attached hydrogen (secondary N) is 2. The Kier molecular flexibility index (Phi) is 5.35. The lowest BCUT2D eigenvalue weighted by atomic mass is 9.93. The summed E-state index contributed by atoms with van der Waals surface area (Å²) in [7, 11) is 0. The minimum absolute atomic E-state index is 0.0323. The first-order valence-electron chi connectivity index (χ1n) is 7.40. The van der Waals surface area contributed by atoms with Crippen LogP contribution in [0.1, 0.15) is 32.6 Å². The third kappa shape index (κ3) is 4.20. The first kappa shape index (κ1) is 14.8. The highest BCUT2D eigenvalue weighted by atomic mass is 16.1. The van der Waals surface area contributed by atoms with E-state index in [2.05, 4.69) is 10.6 Å². The fraction of sp³-hybridized carbons (Fsp3) is 0.600. The number of pyridine rings is 1. The van der Waals surface area contributed by atoms with Crippen LogP contribution in [0, 0.1) is 5.92 Å². The van der Waals surface area contributed by atoms with E-state index in [1.54, 1.807) is 16.8 Å². The van der Waals surface area contributed by atoms with Gasteiger partial charge in [-0.25, -0.2) is 0 Å². The van der Waals surface area contributed by atoms with Crippen molar-refractivity contribution in [2.24, 2.45) is 5.92 Å². The normalized spacial score (nSPS) is 16.1. The second-order valence-corrected chi connectivity index (χ2v) is 5.32. The molecule has 2 rings (SSSR count). The van der Waals surface area contributed by atoms with Crippen LogP contribution in [0.4, 0.5) is 5.69 Å². The molecule has 0 atom stereocenters. The maximum atomic E-state index is 11.9. The van der Waals surface area contributed by atoms with Crippen molar-refractivity contribution in [2.75, 3.05) is 18.4 Å². The average Bonchev–Trinajstić information content (AvgIpc) is 2.48. The second kappa shape index (κ2) is 7.24. The molecule has 20 heavy (non-hydrogen) atoms. The number of piperidine rings is 1. The van der Waals surface area contributed by atoms with Crippen molar-refractivity contribution in [2.45, 2.75) is 39.2 Å². The lowest BCUT2D eigenvalue weighted by molar-refractivity contribution is -0.116. The molecule has 2 heterocycles. The van der Waals surface area contributed by atoms with Crippen molar-refractivity contribution in [3.8, 4) is 0 Å². The van der Waals surface area contributed by atoms with Crippen LogP contribution in [0.25, 0.3) is 0 Å². The molecule has 0 aliphatic carbocycles. The summed E-state index contributed by atoms with van der Waals surface area (Å²) in [5.41, 5.74) is 0.655. The molecule has 1 fully saturated rings. The molecule has 0 radical (unpaired) electrons. The molecule has 0 spiro atoms. The number of rotatable bonds is 5. The Labute approximate surface area is 119 Å². The Morgan fingerprint density at radius 3 is 2.85 bits per heavy atom. The predicted octanol–water partition coefficient (Wildman–Crippen LogP) is 1.59. The fourth-order valence-corrected chi connectivity index (χ4v) is 2.58. The first-order chi connectivity index (χ1) is 9.69. The minimum atomic E-state index is -0.0415. The van der Waals surface area contributed by atoms with Crippen LogP contribution in [0.15, 0.2) is 23.1 Å². The van der Waals surface area contributed by atoms with Gasteiger partial charge in [-0.2, -0.15) is 0 Å². The van der Waals surface area contributed by atoms with E-state index in [-0.39, 0.29) is 11.5 Å². The maximum Gasteiger partial charge on any atom is 0.250 e. The van der Waals surface area contributed by atoms with Crippen LogP contribution < -0.4 is 16.2 Å². The number of hydrogen-bond acceptors (Lipinski definition) is 3. The van der Waals surface area contributed by atoms with Crippen molar-refractivity contribution >= 4 is 11.6 Å². The van der Waals surface area contributed by atoms with Gasteiger partial charge in [-0.3, -0.25) is 9.59 Å². The van der Waals surface area contributed by atoms with Crippen molar-refractivity contribution in [3.05, 3.63) is 28.7 Å². The van der Waals surface area contributed by atoms with Crippen molar-refractivity contribution in [1.29, 1.82) is 0 Å². The summed E-state index contributed by atoms with van der Waals surface area (Å²) < 4.78 is 1.59. The van der Waals surface area contributed by atoms with E-state index in [1.165, 1.54) is 6.07 Å². The van der Waals surface area contributed by atoms with Crippen LogP contribution in [0.2, 0.25) is 0 Å². The molecule has 0 unspecified atom stereocenters. The minimum Gasteiger partial charge on any atom is -0.325 e. The van der Waals surface area contributed by atoms with Gasteiger partial charge in [0.2, 0.25) is 5.91 Å². The summed E-state index contributed by atoms with van der Waals surface area (Å²) in [6.45, 7) is 4.64. The van der Waals surface area contributed by atoms with Crippen molar-refractivity contribution in [3.63, 3.8) is 0 Å². The van der Waals surface area contributed by atoms with Crippen LogP contribution in [-0.2, 0) is 11.3 Å². The van der Waals surface area contributed by atoms with Crippen molar-refractivity contribution < 1.29 is 4.79 Å². The molecule has 1 aliphatic heterocycles. The topological polar surface area (TPSA) is 63.1 Å². The summed E-state index contributed by atoms with van der Waals surface area (Å²) >= 11 is 0. The van der Waals surface area contributed by atoms with E-state index in [0.29, 0.717) is 24.6 Å². The number of amides is 1. The highest BCUT2D eigenvalue weighted by Gasteiger charge is 2.14. The largest absolute Gasteiger partial charge is 0.325 e. The molecular weight excluding hydrogens is 254 g/mol. The Morgan fingerprint density at radius 1 is 1.40 bits per heavy atom. The summed E-state index contributed by atoms with van der Waals surface area (Å²) in [6.07, 6.45) is 5.52. The summed E-state index contributed by atoms with van der Waals surface area (Å²) in [5.74, 6) is 0.691. The van der Waals surface area contributed by atoms with Crippen molar-refractivity contribution in [1.82, 2.24) is 9.88 Å². The molecule has 0 saturated carbocycles. The molecule has 1 saturated heterocycles. The third-order valence-electron chi connectivity index (χ3n) is 3.85. The number of aromatic nitrogens is 1. The molecule has 110 valence electrons. The van der Waals surface area contributed by atoms with Gasteiger partial charge in [0.15, 0.2) is 0 Å². The standard InChI is InChI=1S/C15H23N3O2/c1-2-18-11-13(4-6-15(18)20)17-14(19)5-3-12-7-9-16-10-8-12/h4,6,11-12,16H,2-3,5,7-10H2,1H3,(H,17,19). The van der Waals surface area contributed by atoms with Gasteiger partial charge in [0.05, 0.1) is 5.69 Å². The number of anilines is 1. The highest BCUT2D eigenvalue weighted by Crippen LogP contribution is 2.18. The zero-order chi connectivity index (χ0) is 14.4. The van der Waals surface area contributed by atoms with E-state index in [1.807, 2.05) is 6.92 Å².